The molecule has 0 bridgehead atoms. The number of rotatable bonds is 5. The third-order valence-electron chi connectivity index (χ3n) is 3.81. The Balaban J connectivity index is 1.64. The highest BCUT2D eigenvalue weighted by Gasteiger charge is 2.21. The van der Waals surface area contributed by atoms with Crippen LogP contribution in [-0.2, 0) is 11.3 Å². The van der Waals surface area contributed by atoms with Gasteiger partial charge < -0.3 is 14.8 Å². The molecule has 1 aliphatic rings. The van der Waals surface area contributed by atoms with Crippen molar-refractivity contribution in [2.75, 3.05) is 13.2 Å². The first-order chi connectivity index (χ1) is 13.0. The maximum absolute atomic E-state index is 12.1. The van der Waals surface area contributed by atoms with Crippen molar-refractivity contribution < 1.29 is 19.2 Å². The van der Waals surface area contributed by atoms with Gasteiger partial charge in [-0.25, -0.2) is 0 Å². The van der Waals surface area contributed by atoms with Gasteiger partial charge in [-0.05, 0) is 12.1 Å². The molecule has 0 unspecified atom stereocenters. The van der Waals surface area contributed by atoms with Crippen molar-refractivity contribution in [1.82, 2.24) is 9.88 Å². The molecule has 0 fully saturated rings. The second-order valence-corrected chi connectivity index (χ2v) is 5.72. The molecule has 0 saturated carbocycles. The van der Waals surface area contributed by atoms with Gasteiger partial charge in [0.1, 0.15) is 30.9 Å². The zero-order chi connectivity index (χ0) is 19.4. The predicted molar refractivity (Wildman–Crippen MR) is 91.4 cm³/mol. The molecular formula is C17H14N4O6. The lowest BCUT2D eigenvalue weighted by Crippen LogP contribution is -2.42. The van der Waals surface area contributed by atoms with Gasteiger partial charge in [0.25, 0.3) is 11.2 Å². The van der Waals surface area contributed by atoms with Crippen LogP contribution >= 0.6 is 0 Å². The maximum Gasteiger partial charge on any atom is 0.287 e. The average Bonchev–Trinajstić information content (AvgIpc) is 2.67. The summed E-state index contributed by atoms with van der Waals surface area (Å²) in [7, 11) is 0. The van der Waals surface area contributed by atoms with E-state index in [1.54, 1.807) is 24.3 Å². The van der Waals surface area contributed by atoms with Crippen molar-refractivity contribution in [2.24, 2.45) is 0 Å². The summed E-state index contributed by atoms with van der Waals surface area (Å²) in [5.74, 6) is 0.632. The zero-order valence-corrected chi connectivity index (χ0v) is 14.0. The first-order valence-corrected chi connectivity index (χ1v) is 7.92. The average molecular weight is 370 g/mol. The normalized spacial score (nSPS) is 14.9. The van der Waals surface area contributed by atoms with Crippen LogP contribution in [0, 0.1) is 21.4 Å². The number of amides is 1. The Morgan fingerprint density at radius 2 is 2.15 bits per heavy atom. The third-order valence-corrected chi connectivity index (χ3v) is 3.81. The number of pyridine rings is 1. The van der Waals surface area contributed by atoms with Gasteiger partial charge in [0.05, 0.1) is 17.7 Å². The van der Waals surface area contributed by atoms with E-state index in [1.165, 1.54) is 0 Å². The molecule has 3 rings (SSSR count). The number of hydrogen-bond donors (Lipinski definition) is 1. The fourth-order valence-electron chi connectivity index (χ4n) is 2.52. The van der Waals surface area contributed by atoms with E-state index in [2.05, 4.69) is 5.32 Å². The molecule has 2 aromatic rings. The number of fused-ring (bicyclic) bond motifs is 1. The number of hydrogen-bond acceptors (Lipinski definition) is 7. The monoisotopic (exact) mass is 370 g/mol. The molecule has 0 radical (unpaired) electrons. The van der Waals surface area contributed by atoms with Gasteiger partial charge in [-0.15, -0.1) is 0 Å². The molecule has 1 aromatic carbocycles. The van der Waals surface area contributed by atoms with E-state index < -0.39 is 40.3 Å². The number of nitro groups is 1. The quantitative estimate of drug-likeness (QED) is 0.600. The van der Waals surface area contributed by atoms with Gasteiger partial charge in [-0.1, -0.05) is 12.1 Å². The summed E-state index contributed by atoms with van der Waals surface area (Å²) in [5.41, 5.74) is -1.62. The van der Waals surface area contributed by atoms with Gasteiger partial charge in [-0.3, -0.25) is 24.3 Å². The van der Waals surface area contributed by atoms with E-state index in [9.17, 15) is 19.7 Å². The molecular weight excluding hydrogens is 356 g/mol. The molecule has 27 heavy (non-hydrogen) atoms. The molecule has 0 saturated heterocycles. The predicted octanol–water partition coefficient (Wildman–Crippen LogP) is 0.584. The van der Waals surface area contributed by atoms with E-state index in [0.29, 0.717) is 11.5 Å². The lowest BCUT2D eigenvalue weighted by molar-refractivity contribution is -0.385. The number of aromatic nitrogens is 1. The Bertz CT molecular complexity index is 994. The van der Waals surface area contributed by atoms with Crippen molar-refractivity contribution >= 4 is 11.6 Å². The van der Waals surface area contributed by atoms with Gasteiger partial charge >= 0.3 is 0 Å². The SMILES string of the molecule is N#Cc1cc([N+](=O)[O-])cn(CC(=O)NC[C@H]2COc3ccccc3O2)c1=O. The highest BCUT2D eigenvalue weighted by Crippen LogP contribution is 2.30. The van der Waals surface area contributed by atoms with Crippen molar-refractivity contribution in [3.63, 3.8) is 0 Å². The molecule has 10 heteroatoms. The summed E-state index contributed by atoms with van der Waals surface area (Å²) in [5, 5.41) is 22.4. The van der Waals surface area contributed by atoms with Crippen LogP contribution in [0.5, 0.6) is 11.5 Å². The topological polar surface area (TPSA) is 136 Å². The summed E-state index contributed by atoms with van der Waals surface area (Å²) in [6, 6.07) is 9.59. The molecule has 2 heterocycles. The minimum absolute atomic E-state index is 0.127. The molecule has 1 aromatic heterocycles. The van der Waals surface area contributed by atoms with Crippen LogP contribution in [0.4, 0.5) is 5.69 Å². The molecule has 1 aliphatic heterocycles. The highest BCUT2D eigenvalue weighted by atomic mass is 16.6. The summed E-state index contributed by atoms with van der Waals surface area (Å²) in [4.78, 5) is 34.3. The van der Waals surface area contributed by atoms with E-state index in [1.807, 2.05) is 6.07 Å². The van der Waals surface area contributed by atoms with Crippen molar-refractivity contribution in [3.05, 3.63) is 62.6 Å². The number of para-hydroxylation sites is 2. The summed E-state index contributed by atoms with van der Waals surface area (Å²) in [6.07, 6.45) is 0.513. The van der Waals surface area contributed by atoms with E-state index in [4.69, 9.17) is 14.7 Å². The summed E-state index contributed by atoms with van der Waals surface area (Å²) < 4.78 is 12.1. The largest absolute Gasteiger partial charge is 0.486 e. The van der Waals surface area contributed by atoms with Crippen molar-refractivity contribution in [1.29, 1.82) is 5.26 Å². The summed E-state index contributed by atoms with van der Waals surface area (Å²) in [6.45, 7) is -0.0893. The minimum atomic E-state index is -0.774. The smallest absolute Gasteiger partial charge is 0.287 e. The van der Waals surface area contributed by atoms with Crippen LogP contribution in [0.3, 0.4) is 0 Å². The van der Waals surface area contributed by atoms with Gasteiger partial charge in [0.2, 0.25) is 5.91 Å². The van der Waals surface area contributed by atoms with Crippen molar-refractivity contribution in [2.45, 2.75) is 12.6 Å². The van der Waals surface area contributed by atoms with Crippen LogP contribution < -0.4 is 20.3 Å². The molecule has 138 valence electrons. The highest BCUT2D eigenvalue weighted by molar-refractivity contribution is 5.75. The molecule has 1 atom stereocenters. The van der Waals surface area contributed by atoms with Crippen molar-refractivity contribution in [3.8, 4) is 17.6 Å². The van der Waals surface area contributed by atoms with Crippen LogP contribution in [0.15, 0.2) is 41.3 Å². The molecule has 1 amide bonds. The van der Waals surface area contributed by atoms with Gasteiger partial charge in [-0.2, -0.15) is 5.26 Å². The van der Waals surface area contributed by atoms with Crippen LogP contribution in [-0.4, -0.2) is 34.7 Å². The maximum atomic E-state index is 12.1. The third kappa shape index (κ3) is 4.04. The number of ether oxygens (including phenoxy) is 2. The Morgan fingerprint density at radius 3 is 2.85 bits per heavy atom. The van der Waals surface area contributed by atoms with E-state index in [0.717, 1.165) is 16.8 Å². The van der Waals surface area contributed by atoms with E-state index >= 15 is 0 Å². The fourth-order valence-corrected chi connectivity index (χ4v) is 2.52. The Kier molecular flexibility index (Phi) is 5.03. The number of benzene rings is 1. The second-order valence-electron chi connectivity index (χ2n) is 5.72. The number of nitrogens with one attached hydrogen (secondary N) is 1. The van der Waals surface area contributed by atoms with E-state index in [-0.39, 0.29) is 13.2 Å². The first-order valence-electron chi connectivity index (χ1n) is 7.92. The lowest BCUT2D eigenvalue weighted by Gasteiger charge is -2.26. The molecule has 10 nitrogen and oxygen atoms in total. The number of nitriles is 1. The van der Waals surface area contributed by atoms with Crippen LogP contribution in [0.2, 0.25) is 0 Å². The van der Waals surface area contributed by atoms with Gasteiger partial charge in [0.15, 0.2) is 11.5 Å². The van der Waals surface area contributed by atoms with Crippen LogP contribution in [0.1, 0.15) is 5.56 Å². The first kappa shape index (κ1) is 17.9. The number of carbonyl (C=O) groups is 1. The fraction of sp³-hybridized carbons (Fsp3) is 0.235. The lowest BCUT2D eigenvalue weighted by atomic mass is 10.2. The molecule has 1 N–H and O–H groups in total. The Hall–Kier alpha value is -3.87. The zero-order valence-electron chi connectivity index (χ0n) is 14.0. The standard InChI is InChI=1S/C17H14N4O6/c18-6-11-5-12(21(24)25)8-20(17(11)23)9-16(22)19-7-13-10-26-14-3-1-2-4-15(14)27-13/h1-5,8,13H,7,9-10H2,(H,19,22)/t13-/m0/s1. The number of carbonyl (C=O) groups excluding carboxylic acids is 1. The second kappa shape index (κ2) is 7.57. The Labute approximate surface area is 152 Å². The minimum Gasteiger partial charge on any atom is -0.486 e. The van der Waals surface area contributed by atoms with Gasteiger partial charge in [0, 0.05) is 6.07 Å². The molecule has 0 aliphatic carbocycles. The Morgan fingerprint density at radius 1 is 1.41 bits per heavy atom. The number of nitrogens with zero attached hydrogens (tertiary/aromatic N) is 3. The molecule has 0 spiro atoms. The van der Waals surface area contributed by atoms with Crippen LogP contribution in [0.25, 0.3) is 0 Å². The summed E-state index contributed by atoms with van der Waals surface area (Å²) >= 11 is 0.